The molecule has 1 aliphatic rings. The van der Waals surface area contributed by atoms with Crippen LogP contribution >= 0.6 is 11.6 Å². The molecule has 0 aliphatic carbocycles. The number of rotatable bonds is 3. The van der Waals surface area contributed by atoms with E-state index in [1.165, 1.54) is 13.2 Å². The lowest BCUT2D eigenvalue weighted by Crippen LogP contribution is -2.54. The van der Waals surface area contributed by atoms with Gasteiger partial charge in [-0.2, -0.15) is 0 Å². The highest BCUT2D eigenvalue weighted by Gasteiger charge is 2.37. The van der Waals surface area contributed by atoms with Crippen molar-refractivity contribution in [2.45, 2.75) is 6.92 Å². The molecule has 0 unspecified atom stereocenters. The summed E-state index contributed by atoms with van der Waals surface area (Å²) in [4.78, 5) is 38.2. The van der Waals surface area contributed by atoms with Crippen LogP contribution in [0.25, 0.3) is 6.08 Å². The number of amides is 4. The number of methoxy groups -OCH3 is 1. The van der Waals surface area contributed by atoms with E-state index >= 15 is 0 Å². The fraction of sp³-hybridized carbons (Fsp3) is 0.105. The Hall–Kier alpha value is -3.12. The molecule has 3 rings (SSSR count). The molecule has 0 bridgehead atoms. The molecule has 0 saturated carbocycles. The third kappa shape index (κ3) is 3.19. The first-order valence-corrected chi connectivity index (χ1v) is 8.11. The third-order valence-corrected chi connectivity index (χ3v) is 4.40. The minimum atomic E-state index is -0.812. The number of anilines is 1. The average molecular weight is 371 g/mol. The molecule has 2 aromatic rings. The van der Waals surface area contributed by atoms with E-state index in [-0.39, 0.29) is 5.57 Å². The molecule has 1 N–H and O–H groups in total. The van der Waals surface area contributed by atoms with Crippen LogP contribution in [-0.4, -0.2) is 25.0 Å². The Morgan fingerprint density at radius 3 is 2.58 bits per heavy atom. The summed E-state index contributed by atoms with van der Waals surface area (Å²) in [5.74, 6) is -0.882. The molecule has 1 aliphatic heterocycles. The third-order valence-electron chi connectivity index (χ3n) is 3.99. The van der Waals surface area contributed by atoms with Crippen molar-refractivity contribution in [1.82, 2.24) is 5.32 Å². The second-order valence-electron chi connectivity index (χ2n) is 5.62. The number of benzene rings is 2. The number of nitrogens with zero attached hydrogens (tertiary/aromatic N) is 1. The van der Waals surface area contributed by atoms with Gasteiger partial charge in [-0.05, 0) is 48.4 Å². The zero-order chi connectivity index (χ0) is 18.8. The van der Waals surface area contributed by atoms with Gasteiger partial charge in [0, 0.05) is 5.02 Å². The monoisotopic (exact) mass is 370 g/mol. The highest BCUT2D eigenvalue weighted by Crippen LogP contribution is 2.29. The smallest absolute Gasteiger partial charge is 0.335 e. The molecule has 0 aromatic heterocycles. The minimum Gasteiger partial charge on any atom is -0.497 e. The van der Waals surface area contributed by atoms with Gasteiger partial charge < -0.3 is 4.74 Å². The van der Waals surface area contributed by atoms with E-state index in [2.05, 4.69) is 5.32 Å². The number of nitrogens with one attached hydrogen (secondary N) is 1. The van der Waals surface area contributed by atoms with Gasteiger partial charge in [0.15, 0.2) is 0 Å². The Morgan fingerprint density at radius 1 is 1.12 bits per heavy atom. The summed E-state index contributed by atoms with van der Waals surface area (Å²) in [6.45, 7) is 1.69. The van der Waals surface area contributed by atoms with Crippen LogP contribution in [0.2, 0.25) is 5.02 Å². The van der Waals surface area contributed by atoms with E-state index in [9.17, 15) is 14.4 Å². The van der Waals surface area contributed by atoms with Crippen LogP contribution in [0, 0.1) is 6.92 Å². The molecule has 7 heteroatoms. The van der Waals surface area contributed by atoms with E-state index < -0.39 is 17.8 Å². The largest absolute Gasteiger partial charge is 0.497 e. The Balaban J connectivity index is 2.05. The molecule has 6 nitrogen and oxygen atoms in total. The molecular formula is C19H15ClN2O4. The summed E-state index contributed by atoms with van der Waals surface area (Å²) < 4.78 is 5.14. The number of halogens is 1. The second-order valence-corrected chi connectivity index (χ2v) is 6.03. The van der Waals surface area contributed by atoms with E-state index in [1.807, 2.05) is 0 Å². The fourth-order valence-corrected chi connectivity index (χ4v) is 2.78. The van der Waals surface area contributed by atoms with Crippen molar-refractivity contribution in [3.8, 4) is 5.75 Å². The number of imide groups is 2. The Labute approximate surface area is 155 Å². The molecule has 4 amide bonds. The van der Waals surface area contributed by atoms with E-state index in [4.69, 9.17) is 16.3 Å². The Morgan fingerprint density at radius 2 is 1.85 bits per heavy atom. The van der Waals surface area contributed by atoms with Gasteiger partial charge in [-0.15, -0.1) is 0 Å². The highest BCUT2D eigenvalue weighted by molar-refractivity contribution is 6.39. The molecule has 2 aromatic carbocycles. The van der Waals surface area contributed by atoms with Crippen molar-refractivity contribution >= 4 is 41.2 Å². The van der Waals surface area contributed by atoms with E-state index in [0.29, 0.717) is 27.6 Å². The fourth-order valence-electron chi connectivity index (χ4n) is 2.61. The number of carbonyl (C=O) groups is 3. The first-order chi connectivity index (χ1) is 12.4. The van der Waals surface area contributed by atoms with Gasteiger partial charge in [0.1, 0.15) is 11.3 Å². The maximum Gasteiger partial charge on any atom is 0.335 e. The molecule has 1 saturated heterocycles. The van der Waals surface area contributed by atoms with Crippen LogP contribution in [0.1, 0.15) is 11.1 Å². The number of hydrogen-bond donors (Lipinski definition) is 1. The molecule has 1 fully saturated rings. The predicted octanol–water partition coefficient (Wildman–Crippen LogP) is 3.32. The maximum absolute atomic E-state index is 12.9. The van der Waals surface area contributed by atoms with Crippen molar-refractivity contribution in [2.24, 2.45) is 0 Å². The summed E-state index contributed by atoms with van der Waals surface area (Å²) in [5.41, 5.74) is 1.33. The summed E-state index contributed by atoms with van der Waals surface area (Å²) in [7, 11) is 1.52. The molecule has 1 heterocycles. The molecular weight excluding hydrogens is 356 g/mol. The number of hydrogen-bond acceptors (Lipinski definition) is 4. The van der Waals surface area contributed by atoms with Gasteiger partial charge in [0.25, 0.3) is 11.8 Å². The molecule has 0 radical (unpaired) electrons. The van der Waals surface area contributed by atoms with Crippen LogP contribution in [0.15, 0.2) is 48.0 Å². The summed E-state index contributed by atoms with van der Waals surface area (Å²) in [6, 6.07) is 11.0. The molecule has 132 valence electrons. The van der Waals surface area contributed by atoms with Gasteiger partial charge in [-0.25, -0.2) is 9.69 Å². The van der Waals surface area contributed by atoms with Gasteiger partial charge in [0.05, 0.1) is 12.8 Å². The first-order valence-electron chi connectivity index (χ1n) is 7.73. The average Bonchev–Trinajstić information content (AvgIpc) is 2.62. The van der Waals surface area contributed by atoms with E-state index in [0.717, 1.165) is 4.90 Å². The maximum atomic E-state index is 12.9. The molecule has 0 spiro atoms. The number of ether oxygens (including phenoxy) is 1. The Bertz CT molecular complexity index is 952. The second kappa shape index (κ2) is 7.01. The van der Waals surface area contributed by atoms with Crippen molar-refractivity contribution in [1.29, 1.82) is 0 Å². The molecule has 26 heavy (non-hydrogen) atoms. The van der Waals surface area contributed by atoms with E-state index in [1.54, 1.807) is 49.4 Å². The topological polar surface area (TPSA) is 75.7 Å². The van der Waals surface area contributed by atoms with Gasteiger partial charge >= 0.3 is 6.03 Å². The molecule has 0 atom stereocenters. The van der Waals surface area contributed by atoms with Crippen LogP contribution in [0.4, 0.5) is 10.5 Å². The SMILES string of the molecule is COc1cccc(/C=C2/C(=O)NC(=O)N(c3cccc(Cl)c3C)C2=O)c1. The van der Waals surface area contributed by atoms with Gasteiger partial charge in [-0.3, -0.25) is 14.9 Å². The van der Waals surface area contributed by atoms with Crippen LogP contribution in [-0.2, 0) is 9.59 Å². The van der Waals surface area contributed by atoms with Gasteiger partial charge in [0.2, 0.25) is 0 Å². The van der Waals surface area contributed by atoms with Crippen molar-refractivity contribution in [3.63, 3.8) is 0 Å². The van der Waals surface area contributed by atoms with Gasteiger partial charge in [-0.1, -0.05) is 29.8 Å². The Kier molecular flexibility index (Phi) is 4.77. The van der Waals surface area contributed by atoms with Crippen molar-refractivity contribution in [3.05, 3.63) is 64.2 Å². The van der Waals surface area contributed by atoms with Crippen LogP contribution in [0.3, 0.4) is 0 Å². The number of carbonyl (C=O) groups excluding carboxylic acids is 3. The number of urea groups is 1. The standard InChI is InChI=1S/C19H15ClN2O4/c1-11-15(20)7-4-8-16(11)22-18(24)14(17(23)21-19(22)25)10-12-5-3-6-13(9-12)26-2/h3-10H,1-2H3,(H,21,23,25)/b14-10-. The summed E-state index contributed by atoms with van der Waals surface area (Å²) >= 11 is 6.09. The summed E-state index contributed by atoms with van der Waals surface area (Å²) in [5, 5.41) is 2.60. The minimum absolute atomic E-state index is 0.155. The lowest BCUT2D eigenvalue weighted by molar-refractivity contribution is -0.122. The van der Waals surface area contributed by atoms with Crippen LogP contribution < -0.4 is 15.0 Å². The zero-order valence-corrected chi connectivity index (χ0v) is 14.8. The highest BCUT2D eigenvalue weighted by atomic mass is 35.5. The zero-order valence-electron chi connectivity index (χ0n) is 14.1. The van der Waals surface area contributed by atoms with Crippen molar-refractivity contribution in [2.75, 3.05) is 12.0 Å². The van der Waals surface area contributed by atoms with Crippen molar-refractivity contribution < 1.29 is 19.1 Å². The summed E-state index contributed by atoms with van der Waals surface area (Å²) in [6.07, 6.45) is 1.42. The predicted molar refractivity (Wildman–Crippen MR) is 98.2 cm³/mol. The lowest BCUT2D eigenvalue weighted by Gasteiger charge is -2.27. The lowest BCUT2D eigenvalue weighted by atomic mass is 10.1. The number of barbiturate groups is 1. The normalized spacial score (nSPS) is 16.0. The van der Waals surface area contributed by atoms with Crippen LogP contribution in [0.5, 0.6) is 5.75 Å². The quantitative estimate of drug-likeness (QED) is 0.664. The first kappa shape index (κ1) is 17.7.